The van der Waals surface area contributed by atoms with E-state index in [-0.39, 0.29) is 23.4 Å². The molecule has 1 unspecified atom stereocenters. The number of nitrogens with zero attached hydrogens (tertiary/aromatic N) is 3. The summed E-state index contributed by atoms with van der Waals surface area (Å²) in [6, 6.07) is 6.55. The van der Waals surface area contributed by atoms with Crippen LogP contribution in [0.3, 0.4) is 0 Å². The van der Waals surface area contributed by atoms with E-state index in [1.54, 1.807) is 18.2 Å². The van der Waals surface area contributed by atoms with Crippen LogP contribution < -0.4 is 10.6 Å². The highest BCUT2D eigenvalue weighted by molar-refractivity contribution is 5.96. The number of aliphatic carboxylic acids is 1. The molecule has 0 bridgehead atoms. The Labute approximate surface area is 164 Å². The molecule has 1 aromatic carbocycles. The monoisotopic (exact) mass is 404 g/mol. The maximum atomic E-state index is 13.9. The first-order valence-electron chi connectivity index (χ1n) is 8.70. The number of carboxylic acids is 1. The number of aromatic nitrogens is 2. The third-order valence-electron chi connectivity index (χ3n) is 4.57. The number of carboxylic acid groups (broad SMARTS) is 1. The highest BCUT2D eigenvalue weighted by Crippen LogP contribution is 2.43. The van der Waals surface area contributed by atoms with Crippen molar-refractivity contribution in [3.63, 3.8) is 0 Å². The molecule has 29 heavy (non-hydrogen) atoms. The zero-order valence-corrected chi connectivity index (χ0v) is 15.7. The Hall–Kier alpha value is -3.20. The van der Waals surface area contributed by atoms with Crippen molar-refractivity contribution in [3.05, 3.63) is 53.9 Å². The van der Waals surface area contributed by atoms with Crippen molar-refractivity contribution in [1.82, 2.24) is 9.97 Å². The molecule has 0 fully saturated rings. The molecule has 2 aromatic heterocycles. The van der Waals surface area contributed by atoms with Gasteiger partial charge in [0.25, 0.3) is 0 Å². The van der Waals surface area contributed by atoms with Crippen molar-refractivity contribution in [3.8, 4) is 11.3 Å². The zero-order valence-electron chi connectivity index (χ0n) is 15.7. The third kappa shape index (κ3) is 4.00. The van der Waals surface area contributed by atoms with Gasteiger partial charge in [0.2, 0.25) is 0 Å². The van der Waals surface area contributed by atoms with Crippen LogP contribution in [0.4, 0.5) is 18.9 Å². The first kappa shape index (κ1) is 20.5. The Balaban J connectivity index is 2.28. The topological polar surface area (TPSA) is 92.3 Å². The van der Waals surface area contributed by atoms with Crippen LogP contribution in [0.5, 0.6) is 0 Å². The predicted octanol–water partition coefficient (Wildman–Crippen LogP) is 3.34. The van der Waals surface area contributed by atoms with E-state index in [9.17, 15) is 18.0 Å². The minimum absolute atomic E-state index is 0.0106. The van der Waals surface area contributed by atoms with E-state index < -0.39 is 23.8 Å². The summed E-state index contributed by atoms with van der Waals surface area (Å²) in [4.78, 5) is 20.8. The quantitative estimate of drug-likeness (QED) is 0.678. The molecule has 152 valence electrons. The lowest BCUT2D eigenvalue weighted by molar-refractivity contribution is -0.138. The Morgan fingerprint density at radius 2 is 1.90 bits per heavy atom. The van der Waals surface area contributed by atoms with E-state index >= 15 is 0 Å². The van der Waals surface area contributed by atoms with E-state index in [1.807, 2.05) is 0 Å². The second-order valence-electron chi connectivity index (χ2n) is 6.77. The number of benzene rings is 1. The van der Waals surface area contributed by atoms with E-state index in [0.717, 1.165) is 0 Å². The molecule has 6 nitrogen and oxygen atoms in total. The van der Waals surface area contributed by atoms with Gasteiger partial charge in [0.1, 0.15) is 11.6 Å². The van der Waals surface area contributed by atoms with Crippen molar-refractivity contribution in [2.75, 3.05) is 19.0 Å². The standard InChI is InChI=1S/C20H19F3N4O2/c1-27(2)15-7-9-26-18(16(15)20(21,22)23)13-6-5-11(10-14(24)19(28)29)12-4-3-8-25-17(12)13/h3-9,14H,10,24H2,1-2H3,(H,28,29). The first-order chi connectivity index (χ1) is 13.6. The number of anilines is 1. The van der Waals surface area contributed by atoms with E-state index in [0.29, 0.717) is 16.5 Å². The molecular weight excluding hydrogens is 385 g/mol. The van der Waals surface area contributed by atoms with Crippen LogP contribution in [0.15, 0.2) is 42.7 Å². The average molecular weight is 404 g/mol. The van der Waals surface area contributed by atoms with Gasteiger partial charge < -0.3 is 15.7 Å². The molecule has 2 heterocycles. The Kier molecular flexibility index (Phi) is 5.43. The summed E-state index contributed by atoms with van der Waals surface area (Å²) in [5.74, 6) is -1.16. The summed E-state index contributed by atoms with van der Waals surface area (Å²) in [6.07, 6.45) is -1.82. The number of pyridine rings is 2. The summed E-state index contributed by atoms with van der Waals surface area (Å²) >= 11 is 0. The molecule has 9 heteroatoms. The zero-order chi connectivity index (χ0) is 21.3. The lowest BCUT2D eigenvalue weighted by Gasteiger charge is -2.22. The van der Waals surface area contributed by atoms with Gasteiger partial charge >= 0.3 is 12.1 Å². The predicted molar refractivity (Wildman–Crippen MR) is 104 cm³/mol. The second kappa shape index (κ2) is 7.67. The van der Waals surface area contributed by atoms with Gasteiger partial charge in [-0.15, -0.1) is 0 Å². The molecular formula is C20H19F3N4O2. The number of nitrogens with two attached hydrogens (primary N) is 1. The van der Waals surface area contributed by atoms with Crippen molar-refractivity contribution in [2.24, 2.45) is 5.73 Å². The number of carbonyl (C=O) groups is 1. The van der Waals surface area contributed by atoms with E-state index in [2.05, 4.69) is 9.97 Å². The Morgan fingerprint density at radius 3 is 2.52 bits per heavy atom. The maximum Gasteiger partial charge on any atom is 0.420 e. The fraction of sp³-hybridized carbons (Fsp3) is 0.250. The molecule has 3 N–H and O–H groups in total. The van der Waals surface area contributed by atoms with Crippen LogP contribution in [-0.4, -0.2) is 41.2 Å². The number of rotatable bonds is 5. The molecule has 0 aliphatic rings. The highest BCUT2D eigenvalue weighted by Gasteiger charge is 2.38. The first-order valence-corrected chi connectivity index (χ1v) is 8.70. The number of halogens is 3. The summed E-state index contributed by atoms with van der Waals surface area (Å²) in [7, 11) is 3.06. The third-order valence-corrected chi connectivity index (χ3v) is 4.57. The number of alkyl halides is 3. The van der Waals surface area contributed by atoms with Gasteiger partial charge in [-0.2, -0.15) is 13.2 Å². The highest BCUT2D eigenvalue weighted by atomic mass is 19.4. The van der Waals surface area contributed by atoms with Gasteiger partial charge in [-0.25, -0.2) is 0 Å². The van der Waals surface area contributed by atoms with E-state index in [4.69, 9.17) is 10.8 Å². The molecule has 3 aromatic rings. The van der Waals surface area contributed by atoms with Crippen LogP contribution >= 0.6 is 0 Å². The molecule has 0 aliphatic carbocycles. The Morgan fingerprint density at radius 1 is 1.17 bits per heavy atom. The summed E-state index contributed by atoms with van der Waals surface area (Å²) in [5.41, 5.74) is 5.64. The molecule has 0 aliphatic heterocycles. The second-order valence-corrected chi connectivity index (χ2v) is 6.77. The van der Waals surface area contributed by atoms with Crippen molar-refractivity contribution >= 4 is 22.6 Å². The van der Waals surface area contributed by atoms with Gasteiger partial charge in [0.05, 0.1) is 16.9 Å². The van der Waals surface area contributed by atoms with Crippen molar-refractivity contribution < 1.29 is 23.1 Å². The van der Waals surface area contributed by atoms with Crippen molar-refractivity contribution in [1.29, 1.82) is 0 Å². The maximum absolute atomic E-state index is 13.9. The smallest absolute Gasteiger partial charge is 0.420 e. The molecule has 0 saturated heterocycles. The van der Waals surface area contributed by atoms with Crippen LogP contribution in [-0.2, 0) is 17.4 Å². The van der Waals surface area contributed by atoms with Crippen LogP contribution in [0.1, 0.15) is 11.1 Å². The molecule has 0 amide bonds. The largest absolute Gasteiger partial charge is 0.480 e. The molecule has 0 spiro atoms. The summed E-state index contributed by atoms with van der Waals surface area (Å²) in [6.45, 7) is 0. The average Bonchev–Trinajstić information content (AvgIpc) is 2.66. The molecule has 0 saturated carbocycles. The van der Waals surface area contributed by atoms with Gasteiger partial charge in [-0.3, -0.25) is 14.8 Å². The molecule has 3 rings (SSSR count). The van der Waals surface area contributed by atoms with Gasteiger partial charge in [0, 0.05) is 37.4 Å². The molecule has 1 atom stereocenters. The fourth-order valence-corrected chi connectivity index (χ4v) is 3.23. The van der Waals surface area contributed by atoms with Gasteiger partial charge in [-0.05, 0) is 24.1 Å². The Bertz CT molecular complexity index is 1070. The lowest BCUT2D eigenvalue weighted by atomic mass is 9.95. The van der Waals surface area contributed by atoms with Crippen molar-refractivity contribution in [2.45, 2.75) is 18.6 Å². The number of hydrogen-bond acceptors (Lipinski definition) is 5. The minimum Gasteiger partial charge on any atom is -0.480 e. The van der Waals surface area contributed by atoms with Crippen LogP contribution in [0.25, 0.3) is 22.2 Å². The summed E-state index contributed by atoms with van der Waals surface area (Å²) < 4.78 is 41.8. The van der Waals surface area contributed by atoms with Gasteiger partial charge in [-0.1, -0.05) is 18.2 Å². The number of hydrogen-bond donors (Lipinski definition) is 2. The van der Waals surface area contributed by atoms with Gasteiger partial charge in [0.15, 0.2) is 0 Å². The van der Waals surface area contributed by atoms with Crippen LogP contribution in [0, 0.1) is 0 Å². The number of fused-ring (bicyclic) bond motifs is 1. The van der Waals surface area contributed by atoms with E-state index in [1.165, 1.54) is 43.5 Å². The van der Waals surface area contributed by atoms with Crippen LogP contribution in [0.2, 0.25) is 0 Å². The fourth-order valence-electron chi connectivity index (χ4n) is 3.23. The summed E-state index contributed by atoms with van der Waals surface area (Å²) in [5, 5.41) is 9.61. The normalized spacial score (nSPS) is 12.8. The molecule has 0 radical (unpaired) electrons. The lowest BCUT2D eigenvalue weighted by Crippen LogP contribution is -2.32. The minimum atomic E-state index is -4.63. The SMILES string of the molecule is CN(C)c1ccnc(-c2ccc(CC(N)C(=O)O)c3cccnc23)c1C(F)(F)F.